The van der Waals surface area contributed by atoms with Crippen molar-refractivity contribution in [2.24, 2.45) is 4.99 Å². The average Bonchev–Trinajstić information content (AvgIpc) is 3.16. The van der Waals surface area contributed by atoms with Gasteiger partial charge < -0.3 is 19.3 Å². The van der Waals surface area contributed by atoms with Gasteiger partial charge >= 0.3 is 6.09 Å². The Hall–Kier alpha value is -3.16. The van der Waals surface area contributed by atoms with E-state index < -0.39 is 0 Å². The molecular weight excluding hydrogens is 370 g/mol. The lowest BCUT2D eigenvalue weighted by Crippen LogP contribution is -2.49. The van der Waals surface area contributed by atoms with Crippen molar-refractivity contribution in [2.75, 3.05) is 38.2 Å². The molecule has 0 aliphatic carbocycles. The van der Waals surface area contributed by atoms with Crippen LogP contribution < -0.4 is 9.64 Å². The van der Waals surface area contributed by atoms with E-state index in [9.17, 15) is 4.79 Å². The Morgan fingerprint density at radius 3 is 2.62 bits per heavy atom. The smallest absolute Gasteiger partial charge is 0.409 e. The molecular formula is C21H25N5O3. The zero-order valence-corrected chi connectivity index (χ0v) is 17.0. The number of rotatable bonds is 4. The van der Waals surface area contributed by atoms with Crippen LogP contribution in [0.3, 0.4) is 0 Å². The molecule has 0 unspecified atom stereocenters. The van der Waals surface area contributed by atoms with Crippen molar-refractivity contribution in [2.45, 2.75) is 26.5 Å². The Balaban J connectivity index is 1.53. The molecule has 2 aliphatic heterocycles. The number of hydrogen-bond donors (Lipinski definition) is 0. The van der Waals surface area contributed by atoms with E-state index in [-0.39, 0.29) is 12.2 Å². The van der Waals surface area contributed by atoms with Crippen LogP contribution in [0.1, 0.15) is 30.7 Å². The summed E-state index contributed by atoms with van der Waals surface area (Å²) in [6.45, 7) is 7.26. The predicted molar refractivity (Wildman–Crippen MR) is 110 cm³/mol. The predicted octanol–water partition coefficient (Wildman–Crippen LogP) is 2.50. The van der Waals surface area contributed by atoms with E-state index in [0.717, 1.165) is 28.5 Å². The molecule has 0 atom stereocenters. The topological polar surface area (TPSA) is 80.2 Å². The molecule has 1 fully saturated rings. The number of aromatic nitrogens is 2. The number of piperazine rings is 1. The van der Waals surface area contributed by atoms with Crippen molar-refractivity contribution in [3.8, 4) is 5.75 Å². The average molecular weight is 395 g/mol. The molecule has 152 valence electrons. The molecule has 1 saturated heterocycles. The summed E-state index contributed by atoms with van der Waals surface area (Å²) >= 11 is 0. The minimum Gasteiger partial charge on any atom is -0.491 e. The Kier molecular flexibility index (Phi) is 5.33. The van der Waals surface area contributed by atoms with E-state index >= 15 is 0 Å². The summed E-state index contributed by atoms with van der Waals surface area (Å²) in [6.07, 6.45) is 1.40. The number of aliphatic imine (C=N–C) groups is 1. The molecule has 1 aromatic heterocycles. The summed E-state index contributed by atoms with van der Waals surface area (Å²) in [5, 5.41) is 0. The lowest BCUT2D eigenvalue weighted by atomic mass is 10.0. The zero-order chi connectivity index (χ0) is 20.4. The van der Waals surface area contributed by atoms with E-state index in [1.807, 2.05) is 32.0 Å². The quantitative estimate of drug-likeness (QED) is 0.791. The van der Waals surface area contributed by atoms with Crippen molar-refractivity contribution < 1.29 is 14.3 Å². The molecule has 2 aliphatic rings. The van der Waals surface area contributed by atoms with Crippen LogP contribution in [0.15, 0.2) is 35.6 Å². The van der Waals surface area contributed by atoms with E-state index in [0.29, 0.717) is 32.7 Å². The van der Waals surface area contributed by atoms with Gasteiger partial charge in [-0.05, 0) is 31.5 Å². The second-order valence-electron chi connectivity index (χ2n) is 7.36. The first-order valence-electron chi connectivity index (χ1n) is 9.80. The molecule has 8 heteroatoms. The summed E-state index contributed by atoms with van der Waals surface area (Å²) < 4.78 is 10.6. The maximum Gasteiger partial charge on any atom is 0.409 e. The molecule has 0 spiro atoms. The number of hydrogen-bond acceptors (Lipinski definition) is 7. The fraction of sp³-hybridized carbons (Fsp3) is 0.429. The Morgan fingerprint density at radius 1 is 1.10 bits per heavy atom. The monoisotopic (exact) mass is 395 g/mol. The van der Waals surface area contributed by atoms with Gasteiger partial charge in [-0.3, -0.25) is 4.99 Å². The third-order valence-electron chi connectivity index (χ3n) is 5.05. The van der Waals surface area contributed by atoms with Crippen LogP contribution in [-0.4, -0.2) is 66.1 Å². The van der Waals surface area contributed by atoms with Crippen molar-refractivity contribution in [3.63, 3.8) is 0 Å². The molecule has 0 radical (unpaired) electrons. The number of anilines is 1. The molecule has 0 N–H and O–H groups in total. The first-order valence-corrected chi connectivity index (χ1v) is 9.80. The van der Waals surface area contributed by atoms with E-state index in [2.05, 4.69) is 20.9 Å². The molecule has 29 heavy (non-hydrogen) atoms. The summed E-state index contributed by atoms with van der Waals surface area (Å²) in [6, 6.07) is 8.07. The molecule has 1 aromatic carbocycles. The highest BCUT2D eigenvalue weighted by atomic mass is 16.5. The van der Waals surface area contributed by atoms with E-state index in [1.165, 1.54) is 12.7 Å². The fourth-order valence-corrected chi connectivity index (χ4v) is 3.62. The van der Waals surface area contributed by atoms with Crippen molar-refractivity contribution in [1.82, 2.24) is 14.9 Å². The highest BCUT2D eigenvalue weighted by Gasteiger charge is 2.24. The van der Waals surface area contributed by atoms with Gasteiger partial charge in [0.05, 0.1) is 31.2 Å². The van der Waals surface area contributed by atoms with Gasteiger partial charge in [0.1, 0.15) is 17.9 Å². The van der Waals surface area contributed by atoms with Crippen LogP contribution in [-0.2, 0) is 11.3 Å². The SMILES string of the molecule is COC(=O)N1CCN(c2cc(C3=NCc4ccc(OC(C)C)cc43)ncn2)CC1. The van der Waals surface area contributed by atoms with E-state index in [4.69, 9.17) is 14.5 Å². The van der Waals surface area contributed by atoms with Gasteiger partial charge in [-0.2, -0.15) is 0 Å². The summed E-state index contributed by atoms with van der Waals surface area (Å²) in [7, 11) is 1.41. The number of carbonyl (C=O) groups excluding carboxylic acids is 1. The number of ether oxygens (including phenoxy) is 2. The van der Waals surface area contributed by atoms with Gasteiger partial charge in [0.15, 0.2) is 0 Å². The highest BCUT2D eigenvalue weighted by Crippen LogP contribution is 2.28. The number of fused-ring (bicyclic) bond motifs is 1. The van der Waals surface area contributed by atoms with Crippen LogP contribution in [0.4, 0.5) is 10.6 Å². The lowest BCUT2D eigenvalue weighted by molar-refractivity contribution is 0.121. The van der Waals surface area contributed by atoms with Gasteiger partial charge in [0, 0.05) is 37.8 Å². The number of nitrogens with zero attached hydrogens (tertiary/aromatic N) is 5. The van der Waals surface area contributed by atoms with Crippen molar-refractivity contribution in [1.29, 1.82) is 0 Å². The Labute approximate surface area is 170 Å². The van der Waals surface area contributed by atoms with Crippen LogP contribution in [0.5, 0.6) is 5.75 Å². The van der Waals surface area contributed by atoms with Crippen LogP contribution in [0.25, 0.3) is 0 Å². The lowest BCUT2D eigenvalue weighted by Gasteiger charge is -2.34. The van der Waals surface area contributed by atoms with Crippen LogP contribution >= 0.6 is 0 Å². The minimum absolute atomic E-state index is 0.115. The third-order valence-corrected chi connectivity index (χ3v) is 5.05. The maximum atomic E-state index is 11.7. The molecule has 1 amide bonds. The second kappa shape index (κ2) is 8.06. The molecule has 2 aromatic rings. The highest BCUT2D eigenvalue weighted by molar-refractivity contribution is 6.14. The Morgan fingerprint density at radius 2 is 1.90 bits per heavy atom. The summed E-state index contributed by atoms with van der Waals surface area (Å²) in [5.41, 5.74) is 3.89. The number of methoxy groups -OCH3 is 1. The first-order chi connectivity index (χ1) is 14.0. The Bertz CT molecular complexity index is 936. The summed E-state index contributed by atoms with van der Waals surface area (Å²) in [5.74, 6) is 1.67. The minimum atomic E-state index is -0.288. The van der Waals surface area contributed by atoms with Gasteiger partial charge in [-0.25, -0.2) is 14.8 Å². The first kappa shape index (κ1) is 19.2. The number of benzene rings is 1. The number of amides is 1. The van der Waals surface area contributed by atoms with Crippen LogP contribution in [0, 0.1) is 0 Å². The molecule has 3 heterocycles. The zero-order valence-electron chi connectivity index (χ0n) is 17.0. The van der Waals surface area contributed by atoms with Crippen LogP contribution in [0.2, 0.25) is 0 Å². The standard InChI is InChI=1S/C21H25N5O3/c1-14(2)29-16-5-4-15-12-22-20(17(15)10-16)18-11-19(24-13-23-18)25-6-8-26(9-7-25)21(27)28-3/h4-5,10-11,13-14H,6-9,12H2,1-3H3. The van der Waals surface area contributed by atoms with Gasteiger partial charge in [0.2, 0.25) is 0 Å². The van der Waals surface area contributed by atoms with Gasteiger partial charge in [-0.15, -0.1) is 0 Å². The fourth-order valence-electron chi connectivity index (χ4n) is 3.62. The van der Waals surface area contributed by atoms with Gasteiger partial charge in [0.25, 0.3) is 0 Å². The van der Waals surface area contributed by atoms with Crippen molar-refractivity contribution in [3.05, 3.63) is 47.4 Å². The molecule has 4 rings (SSSR count). The van der Waals surface area contributed by atoms with E-state index in [1.54, 1.807) is 11.2 Å². The van der Waals surface area contributed by atoms with Gasteiger partial charge in [-0.1, -0.05) is 6.07 Å². The molecule has 0 saturated carbocycles. The normalized spacial score (nSPS) is 15.9. The largest absolute Gasteiger partial charge is 0.491 e. The van der Waals surface area contributed by atoms with Crippen molar-refractivity contribution >= 4 is 17.6 Å². The molecule has 0 bridgehead atoms. The summed E-state index contributed by atoms with van der Waals surface area (Å²) in [4.78, 5) is 29.2. The third kappa shape index (κ3) is 4.01. The maximum absolute atomic E-state index is 11.7. The second-order valence-corrected chi connectivity index (χ2v) is 7.36. The molecule has 8 nitrogen and oxygen atoms in total. The number of carbonyl (C=O) groups is 1.